The summed E-state index contributed by atoms with van der Waals surface area (Å²) in [6.07, 6.45) is 3.21. The zero-order chi connectivity index (χ0) is 9.40. The first-order valence-corrected chi connectivity index (χ1v) is 3.54. The molecule has 0 N–H and O–H groups in total. The van der Waals surface area contributed by atoms with Gasteiger partial charge in [-0.3, -0.25) is 0 Å². The molecule has 0 rings (SSSR count). The smallest absolute Gasteiger partial charge is 0.330 e. The molecule has 0 heterocycles. The summed E-state index contributed by atoms with van der Waals surface area (Å²) in [7, 11) is 4.41. The fraction of sp³-hybridized carbons (Fsp3) is 0.625. The Balaban J connectivity index is 3.64. The van der Waals surface area contributed by atoms with Crippen LogP contribution in [0.3, 0.4) is 0 Å². The zero-order valence-electron chi connectivity index (χ0n) is 7.57. The van der Waals surface area contributed by atoms with Crippen LogP contribution in [-0.2, 0) is 19.0 Å². The molecule has 0 saturated heterocycles. The molecular weight excluding hydrogens is 160 g/mol. The second-order valence-corrected chi connectivity index (χ2v) is 2.06. The molecule has 0 aromatic heterocycles. The fourth-order valence-corrected chi connectivity index (χ4v) is 0.632. The van der Waals surface area contributed by atoms with E-state index in [1.54, 1.807) is 20.3 Å². The van der Waals surface area contributed by atoms with Crippen LogP contribution in [0, 0.1) is 0 Å². The third-order valence-electron chi connectivity index (χ3n) is 1.31. The summed E-state index contributed by atoms with van der Waals surface area (Å²) < 4.78 is 14.2. The number of hydrogen-bond acceptors (Lipinski definition) is 4. The Hall–Kier alpha value is -0.870. The Morgan fingerprint density at radius 2 is 1.92 bits per heavy atom. The Labute approximate surface area is 72.1 Å². The number of hydrogen-bond donors (Lipinski definition) is 0. The summed E-state index contributed by atoms with van der Waals surface area (Å²) in [4.78, 5) is 10.6. The number of rotatable bonds is 5. The SMILES string of the molecule is COC(=O)/C=C/CC(OC)OC. The van der Waals surface area contributed by atoms with Gasteiger partial charge in [0.15, 0.2) is 6.29 Å². The molecule has 0 atom stereocenters. The van der Waals surface area contributed by atoms with E-state index in [-0.39, 0.29) is 12.3 Å². The van der Waals surface area contributed by atoms with Gasteiger partial charge in [0.25, 0.3) is 0 Å². The van der Waals surface area contributed by atoms with Crippen molar-refractivity contribution in [1.29, 1.82) is 0 Å². The maximum atomic E-state index is 10.6. The fourth-order valence-electron chi connectivity index (χ4n) is 0.632. The maximum Gasteiger partial charge on any atom is 0.330 e. The van der Waals surface area contributed by atoms with Crippen LogP contribution in [0.25, 0.3) is 0 Å². The van der Waals surface area contributed by atoms with E-state index in [0.29, 0.717) is 6.42 Å². The molecule has 0 saturated carbocycles. The highest BCUT2D eigenvalue weighted by Gasteiger charge is 2.01. The summed E-state index contributed by atoms with van der Waals surface area (Å²) in [6.45, 7) is 0. The number of ether oxygens (including phenoxy) is 3. The van der Waals surface area contributed by atoms with Gasteiger partial charge >= 0.3 is 5.97 Å². The van der Waals surface area contributed by atoms with Gasteiger partial charge in [-0.15, -0.1) is 0 Å². The summed E-state index contributed by atoms with van der Waals surface area (Å²) in [5.74, 6) is -0.374. The van der Waals surface area contributed by atoms with Gasteiger partial charge in [0.05, 0.1) is 7.11 Å². The molecule has 12 heavy (non-hydrogen) atoms. The molecule has 0 fully saturated rings. The third-order valence-corrected chi connectivity index (χ3v) is 1.31. The molecule has 0 amide bonds. The van der Waals surface area contributed by atoms with Crippen molar-refractivity contribution >= 4 is 5.97 Å². The van der Waals surface area contributed by atoms with E-state index >= 15 is 0 Å². The summed E-state index contributed by atoms with van der Waals surface area (Å²) in [6, 6.07) is 0. The summed E-state index contributed by atoms with van der Waals surface area (Å²) in [5, 5.41) is 0. The lowest BCUT2D eigenvalue weighted by Crippen LogP contribution is -2.11. The summed E-state index contributed by atoms with van der Waals surface area (Å²) in [5.41, 5.74) is 0. The third kappa shape index (κ3) is 4.87. The minimum absolute atomic E-state index is 0.300. The van der Waals surface area contributed by atoms with Gasteiger partial charge in [-0.05, 0) is 0 Å². The average molecular weight is 174 g/mol. The molecular formula is C8H14O4. The van der Waals surface area contributed by atoms with Gasteiger partial charge in [-0.1, -0.05) is 6.08 Å². The van der Waals surface area contributed by atoms with E-state index in [2.05, 4.69) is 4.74 Å². The van der Waals surface area contributed by atoms with Crippen molar-refractivity contribution in [2.24, 2.45) is 0 Å². The highest BCUT2D eigenvalue weighted by Crippen LogP contribution is 1.98. The van der Waals surface area contributed by atoms with Crippen LogP contribution in [0.15, 0.2) is 12.2 Å². The number of esters is 1. The van der Waals surface area contributed by atoms with E-state index in [1.165, 1.54) is 13.2 Å². The topological polar surface area (TPSA) is 44.8 Å². The Morgan fingerprint density at radius 1 is 1.33 bits per heavy atom. The van der Waals surface area contributed by atoms with E-state index in [4.69, 9.17) is 9.47 Å². The van der Waals surface area contributed by atoms with Crippen LogP contribution < -0.4 is 0 Å². The molecule has 70 valence electrons. The standard InChI is InChI=1S/C8H14O4/c1-10-7(9)5-4-6-8(11-2)12-3/h4-5,8H,6H2,1-3H3/b5-4+. The van der Waals surface area contributed by atoms with E-state index in [9.17, 15) is 4.79 Å². The van der Waals surface area contributed by atoms with E-state index < -0.39 is 0 Å². The van der Waals surface area contributed by atoms with Crippen molar-refractivity contribution in [3.05, 3.63) is 12.2 Å². The molecule has 0 aliphatic rings. The molecule has 0 aliphatic carbocycles. The Morgan fingerprint density at radius 3 is 2.33 bits per heavy atom. The molecule has 4 heteroatoms. The summed E-state index contributed by atoms with van der Waals surface area (Å²) >= 11 is 0. The average Bonchev–Trinajstić information content (AvgIpc) is 2.12. The first kappa shape index (κ1) is 11.1. The van der Waals surface area contributed by atoms with Gasteiger partial charge in [0.2, 0.25) is 0 Å². The van der Waals surface area contributed by atoms with E-state index in [1.807, 2.05) is 0 Å². The molecule has 0 aliphatic heterocycles. The predicted octanol–water partition coefficient (Wildman–Crippen LogP) is 0.725. The van der Waals surface area contributed by atoms with Gasteiger partial charge in [-0.25, -0.2) is 4.79 Å². The second kappa shape index (κ2) is 6.82. The molecule has 0 aromatic carbocycles. The molecule has 4 nitrogen and oxygen atoms in total. The highest BCUT2D eigenvalue weighted by atomic mass is 16.7. The first-order chi connectivity index (χ1) is 5.74. The lowest BCUT2D eigenvalue weighted by atomic mass is 10.3. The second-order valence-electron chi connectivity index (χ2n) is 2.06. The monoisotopic (exact) mass is 174 g/mol. The number of methoxy groups -OCH3 is 3. The number of carbonyl (C=O) groups is 1. The van der Waals surface area contributed by atoms with Crippen molar-refractivity contribution in [3.8, 4) is 0 Å². The van der Waals surface area contributed by atoms with Crippen LogP contribution in [0.1, 0.15) is 6.42 Å². The lowest BCUT2D eigenvalue weighted by Gasteiger charge is -2.09. The quantitative estimate of drug-likeness (QED) is 0.350. The largest absolute Gasteiger partial charge is 0.466 e. The lowest BCUT2D eigenvalue weighted by molar-refractivity contribution is -0.134. The zero-order valence-corrected chi connectivity index (χ0v) is 7.57. The van der Waals surface area contributed by atoms with Crippen molar-refractivity contribution < 1.29 is 19.0 Å². The van der Waals surface area contributed by atoms with Gasteiger partial charge in [0.1, 0.15) is 0 Å². The first-order valence-electron chi connectivity index (χ1n) is 3.54. The molecule has 0 aromatic rings. The normalized spacial score (nSPS) is 11.0. The van der Waals surface area contributed by atoms with Crippen molar-refractivity contribution in [1.82, 2.24) is 0 Å². The Kier molecular flexibility index (Phi) is 6.32. The predicted molar refractivity (Wildman–Crippen MR) is 43.6 cm³/mol. The molecule has 0 spiro atoms. The molecule has 0 bridgehead atoms. The van der Waals surface area contributed by atoms with Crippen LogP contribution in [-0.4, -0.2) is 33.6 Å². The van der Waals surface area contributed by atoms with E-state index in [0.717, 1.165) is 0 Å². The van der Waals surface area contributed by atoms with Crippen molar-refractivity contribution in [3.63, 3.8) is 0 Å². The van der Waals surface area contributed by atoms with Crippen LogP contribution in [0.4, 0.5) is 0 Å². The minimum atomic E-state index is -0.374. The molecule has 0 unspecified atom stereocenters. The van der Waals surface area contributed by atoms with Crippen LogP contribution in [0.2, 0.25) is 0 Å². The van der Waals surface area contributed by atoms with Crippen molar-refractivity contribution in [2.45, 2.75) is 12.7 Å². The highest BCUT2D eigenvalue weighted by molar-refractivity contribution is 5.81. The van der Waals surface area contributed by atoms with Crippen molar-refractivity contribution in [2.75, 3.05) is 21.3 Å². The maximum absolute atomic E-state index is 10.6. The van der Waals surface area contributed by atoms with Gasteiger partial charge in [0, 0.05) is 26.7 Å². The minimum Gasteiger partial charge on any atom is -0.466 e. The van der Waals surface area contributed by atoms with Crippen LogP contribution in [0.5, 0.6) is 0 Å². The van der Waals surface area contributed by atoms with Gasteiger partial charge < -0.3 is 14.2 Å². The molecule has 0 radical (unpaired) electrons. The van der Waals surface area contributed by atoms with Crippen LogP contribution >= 0.6 is 0 Å². The Bertz CT molecular complexity index is 149. The number of carbonyl (C=O) groups excluding carboxylic acids is 1. The van der Waals surface area contributed by atoms with Gasteiger partial charge in [-0.2, -0.15) is 0 Å².